The molecule has 0 radical (unpaired) electrons. The van der Waals surface area contributed by atoms with Gasteiger partial charge in [-0.1, -0.05) is 17.7 Å². The summed E-state index contributed by atoms with van der Waals surface area (Å²) in [5.41, 5.74) is -1.65. The number of amides is 1. The van der Waals surface area contributed by atoms with E-state index in [0.29, 0.717) is 10.5 Å². The average Bonchev–Trinajstić information content (AvgIpc) is 2.57. The van der Waals surface area contributed by atoms with Crippen molar-refractivity contribution in [3.63, 3.8) is 0 Å². The maximum absolute atomic E-state index is 12.8. The Kier molecular flexibility index (Phi) is 4.45. The highest BCUT2D eigenvalue weighted by atomic mass is 35.5. The van der Waals surface area contributed by atoms with Crippen LogP contribution in [0.25, 0.3) is 10.9 Å². The van der Waals surface area contributed by atoms with Crippen LogP contribution in [0.5, 0.6) is 0 Å². The Hall–Kier alpha value is -2.87. The van der Waals surface area contributed by atoms with Crippen molar-refractivity contribution in [2.24, 2.45) is 7.05 Å². The third kappa shape index (κ3) is 3.41. The van der Waals surface area contributed by atoms with Crippen molar-refractivity contribution >= 4 is 34.1 Å². The Balaban J connectivity index is 2.01. The third-order valence-corrected chi connectivity index (χ3v) is 3.91. The molecule has 26 heavy (non-hydrogen) atoms. The van der Waals surface area contributed by atoms with Crippen molar-refractivity contribution in [1.29, 1.82) is 0 Å². The predicted octanol–water partition coefficient (Wildman–Crippen LogP) is 3.86. The van der Waals surface area contributed by atoms with Crippen LogP contribution in [0.15, 0.2) is 47.3 Å². The van der Waals surface area contributed by atoms with E-state index in [1.54, 1.807) is 12.1 Å². The summed E-state index contributed by atoms with van der Waals surface area (Å²) in [6.07, 6.45) is -4.55. The average molecular weight is 382 g/mol. The van der Waals surface area contributed by atoms with Crippen molar-refractivity contribution in [3.8, 4) is 0 Å². The van der Waals surface area contributed by atoms with Gasteiger partial charge >= 0.3 is 6.18 Å². The molecule has 134 valence electrons. The van der Waals surface area contributed by atoms with E-state index in [1.807, 2.05) is 0 Å². The van der Waals surface area contributed by atoms with E-state index in [-0.39, 0.29) is 11.1 Å². The lowest BCUT2D eigenvalue weighted by atomic mass is 10.1. The number of aromatic nitrogens is 2. The lowest BCUT2D eigenvalue weighted by Gasteiger charge is -2.11. The van der Waals surface area contributed by atoms with Gasteiger partial charge in [-0.3, -0.25) is 14.3 Å². The number of alkyl halides is 3. The summed E-state index contributed by atoms with van der Waals surface area (Å²) >= 11 is 5.89. The number of carbonyl (C=O) groups excluding carboxylic acids is 1. The van der Waals surface area contributed by atoms with Gasteiger partial charge in [-0.2, -0.15) is 18.3 Å². The topological polar surface area (TPSA) is 64.0 Å². The van der Waals surface area contributed by atoms with Gasteiger partial charge in [0.25, 0.3) is 5.91 Å². The second-order valence-electron chi connectivity index (χ2n) is 5.50. The monoisotopic (exact) mass is 381 g/mol. The molecular formula is C17H11ClF3N3O2. The standard InChI is InChI=1S/C17H11ClF3N3O2/c1-24-13-6-5-10(18)8-12(13)15(25)14(23-24)16(26)22-11-4-2-3-9(7-11)17(19,20)21/h2-8H,1H3,(H,22,26). The molecule has 0 saturated heterocycles. The molecule has 2 aromatic carbocycles. The van der Waals surface area contributed by atoms with Crippen molar-refractivity contribution < 1.29 is 18.0 Å². The molecular weight excluding hydrogens is 371 g/mol. The number of nitrogens with one attached hydrogen (secondary N) is 1. The highest BCUT2D eigenvalue weighted by molar-refractivity contribution is 6.31. The van der Waals surface area contributed by atoms with E-state index < -0.39 is 28.8 Å². The molecule has 0 spiro atoms. The number of benzene rings is 2. The normalized spacial score (nSPS) is 11.6. The Morgan fingerprint density at radius 3 is 2.62 bits per heavy atom. The van der Waals surface area contributed by atoms with Crippen LogP contribution >= 0.6 is 11.6 Å². The van der Waals surface area contributed by atoms with E-state index in [1.165, 1.54) is 23.9 Å². The van der Waals surface area contributed by atoms with Crippen molar-refractivity contribution in [1.82, 2.24) is 9.78 Å². The fourth-order valence-electron chi connectivity index (χ4n) is 2.46. The summed E-state index contributed by atoms with van der Waals surface area (Å²) in [5, 5.41) is 6.69. The van der Waals surface area contributed by atoms with Gasteiger partial charge in [0.05, 0.1) is 16.5 Å². The molecule has 3 rings (SSSR count). The van der Waals surface area contributed by atoms with Crippen LogP contribution in [0.1, 0.15) is 16.1 Å². The van der Waals surface area contributed by atoms with Gasteiger partial charge in [0.1, 0.15) is 0 Å². The second-order valence-corrected chi connectivity index (χ2v) is 5.93. The van der Waals surface area contributed by atoms with Crippen LogP contribution in [0.2, 0.25) is 5.02 Å². The summed E-state index contributed by atoms with van der Waals surface area (Å²) < 4.78 is 39.6. The third-order valence-electron chi connectivity index (χ3n) is 3.68. The quantitative estimate of drug-likeness (QED) is 0.733. The minimum Gasteiger partial charge on any atom is -0.320 e. The maximum Gasteiger partial charge on any atom is 0.416 e. The van der Waals surface area contributed by atoms with E-state index in [9.17, 15) is 22.8 Å². The molecule has 0 atom stereocenters. The van der Waals surface area contributed by atoms with Crippen LogP contribution in [0.3, 0.4) is 0 Å². The molecule has 5 nitrogen and oxygen atoms in total. The molecule has 1 aromatic heterocycles. The largest absolute Gasteiger partial charge is 0.416 e. The summed E-state index contributed by atoms with van der Waals surface area (Å²) in [6, 6.07) is 8.67. The number of hydrogen-bond donors (Lipinski definition) is 1. The zero-order valence-electron chi connectivity index (χ0n) is 13.3. The second kappa shape index (κ2) is 6.45. The van der Waals surface area contributed by atoms with E-state index >= 15 is 0 Å². The van der Waals surface area contributed by atoms with Crippen LogP contribution < -0.4 is 10.7 Å². The molecule has 0 aliphatic rings. The lowest BCUT2D eigenvalue weighted by Crippen LogP contribution is -2.26. The molecule has 0 bridgehead atoms. The summed E-state index contributed by atoms with van der Waals surface area (Å²) in [7, 11) is 1.54. The van der Waals surface area contributed by atoms with E-state index in [0.717, 1.165) is 18.2 Å². The Morgan fingerprint density at radius 1 is 1.19 bits per heavy atom. The van der Waals surface area contributed by atoms with Gasteiger partial charge in [0.2, 0.25) is 5.43 Å². The van der Waals surface area contributed by atoms with Crippen LogP contribution in [0.4, 0.5) is 18.9 Å². The predicted molar refractivity (Wildman–Crippen MR) is 91.4 cm³/mol. The summed E-state index contributed by atoms with van der Waals surface area (Å²) in [4.78, 5) is 24.9. The molecule has 0 unspecified atom stereocenters. The first-order valence-corrected chi connectivity index (χ1v) is 7.70. The van der Waals surface area contributed by atoms with Gasteiger partial charge in [-0.15, -0.1) is 0 Å². The molecule has 1 N–H and O–H groups in total. The van der Waals surface area contributed by atoms with Crippen LogP contribution in [-0.4, -0.2) is 15.7 Å². The highest BCUT2D eigenvalue weighted by Gasteiger charge is 2.30. The molecule has 0 fully saturated rings. The summed E-state index contributed by atoms with van der Waals surface area (Å²) in [6.45, 7) is 0. The van der Waals surface area contributed by atoms with Crippen LogP contribution in [-0.2, 0) is 13.2 Å². The number of hydrogen-bond acceptors (Lipinski definition) is 3. The first-order valence-electron chi connectivity index (χ1n) is 7.32. The van der Waals surface area contributed by atoms with E-state index in [4.69, 9.17) is 11.6 Å². The zero-order chi connectivity index (χ0) is 19.1. The zero-order valence-corrected chi connectivity index (χ0v) is 14.0. The minimum absolute atomic E-state index is 0.0973. The SMILES string of the molecule is Cn1nc(C(=O)Nc2cccc(C(F)(F)F)c2)c(=O)c2cc(Cl)ccc21. The first-order chi connectivity index (χ1) is 12.2. The number of rotatable bonds is 2. The van der Waals surface area contributed by atoms with Gasteiger partial charge in [-0.05, 0) is 36.4 Å². The van der Waals surface area contributed by atoms with Gasteiger partial charge in [0.15, 0.2) is 5.69 Å². The van der Waals surface area contributed by atoms with Gasteiger partial charge < -0.3 is 5.32 Å². The van der Waals surface area contributed by atoms with Crippen molar-refractivity contribution in [2.75, 3.05) is 5.32 Å². The summed E-state index contributed by atoms with van der Waals surface area (Å²) in [5.74, 6) is -0.910. The Labute approximate surface area is 150 Å². The van der Waals surface area contributed by atoms with Crippen LogP contribution in [0, 0.1) is 0 Å². The molecule has 3 aromatic rings. The minimum atomic E-state index is -4.55. The number of anilines is 1. The highest BCUT2D eigenvalue weighted by Crippen LogP contribution is 2.30. The number of halogens is 4. The number of carbonyl (C=O) groups is 1. The molecule has 1 heterocycles. The van der Waals surface area contributed by atoms with Gasteiger partial charge in [-0.25, -0.2) is 0 Å². The number of fused-ring (bicyclic) bond motifs is 1. The number of nitrogens with zero attached hydrogens (tertiary/aromatic N) is 2. The van der Waals surface area contributed by atoms with Crippen molar-refractivity contribution in [2.45, 2.75) is 6.18 Å². The Bertz CT molecular complexity index is 1080. The molecule has 0 aliphatic heterocycles. The fourth-order valence-corrected chi connectivity index (χ4v) is 2.63. The molecule has 9 heteroatoms. The first kappa shape index (κ1) is 17.9. The maximum atomic E-state index is 12.8. The molecule has 0 aliphatic carbocycles. The molecule has 1 amide bonds. The van der Waals surface area contributed by atoms with Gasteiger partial charge in [0, 0.05) is 17.8 Å². The Morgan fingerprint density at radius 2 is 1.92 bits per heavy atom. The fraction of sp³-hybridized carbons (Fsp3) is 0.118. The smallest absolute Gasteiger partial charge is 0.320 e. The van der Waals surface area contributed by atoms with E-state index in [2.05, 4.69) is 10.4 Å². The molecule has 0 saturated carbocycles. The lowest BCUT2D eigenvalue weighted by molar-refractivity contribution is -0.137. The van der Waals surface area contributed by atoms with Crippen molar-refractivity contribution in [3.05, 3.63) is 69.0 Å². The number of aryl methyl sites for hydroxylation is 1.